The Balaban J connectivity index is 1.67. The summed E-state index contributed by atoms with van der Waals surface area (Å²) in [5.74, 6) is 0.212. The quantitative estimate of drug-likeness (QED) is 0.669. The number of carbonyl (C=O) groups is 2. The first kappa shape index (κ1) is 22.2. The van der Waals surface area contributed by atoms with Crippen molar-refractivity contribution in [3.63, 3.8) is 0 Å². The van der Waals surface area contributed by atoms with E-state index in [9.17, 15) is 9.59 Å². The number of benzene rings is 2. The summed E-state index contributed by atoms with van der Waals surface area (Å²) in [6, 6.07) is 16.2. The van der Waals surface area contributed by atoms with Crippen LogP contribution in [-0.2, 0) is 16.1 Å². The predicted octanol–water partition coefficient (Wildman–Crippen LogP) is 4.59. The molecule has 2 aromatic rings. The average Bonchev–Trinajstić information content (AvgIpc) is 2.78. The zero-order valence-electron chi connectivity index (χ0n) is 17.4. The molecule has 0 radical (unpaired) electrons. The smallest absolute Gasteiger partial charge is 0.261 e. The molecule has 3 rings (SSSR count). The minimum Gasteiger partial charge on any atom is -0.484 e. The highest BCUT2D eigenvalue weighted by Crippen LogP contribution is 2.19. The number of nitrogens with one attached hydrogen (secondary N) is 1. The minimum atomic E-state index is -0.589. The van der Waals surface area contributed by atoms with Gasteiger partial charge in [0.1, 0.15) is 11.8 Å². The van der Waals surface area contributed by atoms with Gasteiger partial charge in [-0.05, 0) is 49.6 Å². The number of rotatable bonds is 8. The molecule has 6 heteroatoms. The van der Waals surface area contributed by atoms with Crippen LogP contribution in [0.3, 0.4) is 0 Å². The molecular weight excluding hydrogens is 400 g/mol. The Labute approximate surface area is 183 Å². The molecular formula is C24H29ClN2O3. The number of hydrogen-bond acceptors (Lipinski definition) is 3. The van der Waals surface area contributed by atoms with Crippen LogP contribution in [-0.4, -0.2) is 35.4 Å². The van der Waals surface area contributed by atoms with E-state index >= 15 is 0 Å². The molecule has 1 N–H and O–H groups in total. The van der Waals surface area contributed by atoms with Gasteiger partial charge in [-0.25, -0.2) is 0 Å². The summed E-state index contributed by atoms with van der Waals surface area (Å²) < 4.78 is 5.64. The Kier molecular flexibility index (Phi) is 8.14. The minimum absolute atomic E-state index is 0.113. The molecule has 0 unspecified atom stereocenters. The Morgan fingerprint density at radius 3 is 2.40 bits per heavy atom. The summed E-state index contributed by atoms with van der Waals surface area (Å²) in [6.45, 7) is 1.99. The van der Waals surface area contributed by atoms with Crippen molar-refractivity contribution < 1.29 is 14.3 Å². The van der Waals surface area contributed by atoms with Gasteiger partial charge in [0.05, 0.1) is 0 Å². The molecule has 0 saturated heterocycles. The van der Waals surface area contributed by atoms with Crippen LogP contribution in [0.25, 0.3) is 0 Å². The number of halogens is 1. The van der Waals surface area contributed by atoms with Crippen molar-refractivity contribution >= 4 is 23.4 Å². The Morgan fingerprint density at radius 2 is 1.73 bits per heavy atom. The maximum atomic E-state index is 13.0. The third-order valence-corrected chi connectivity index (χ3v) is 5.74. The molecule has 160 valence electrons. The summed E-state index contributed by atoms with van der Waals surface area (Å²) >= 11 is 5.90. The number of nitrogens with zero attached hydrogens (tertiary/aromatic N) is 1. The molecule has 1 aliphatic rings. The van der Waals surface area contributed by atoms with Crippen LogP contribution < -0.4 is 10.1 Å². The molecule has 5 nitrogen and oxygen atoms in total. The van der Waals surface area contributed by atoms with Crippen molar-refractivity contribution in [1.82, 2.24) is 10.2 Å². The molecule has 0 spiro atoms. The fourth-order valence-corrected chi connectivity index (χ4v) is 3.82. The van der Waals surface area contributed by atoms with E-state index in [-0.39, 0.29) is 24.5 Å². The van der Waals surface area contributed by atoms with Crippen LogP contribution in [0.2, 0.25) is 5.02 Å². The van der Waals surface area contributed by atoms with Gasteiger partial charge in [0.25, 0.3) is 5.91 Å². The Hall–Kier alpha value is -2.53. The standard InChI is InChI=1S/C24H29ClN2O3/c1-18(24(29)26-21-10-6-3-7-11-21)27(16-19-8-4-2-5-9-19)23(28)17-30-22-14-12-20(25)13-15-22/h2,4-5,8-9,12-15,18,21H,3,6-7,10-11,16-17H2,1H3,(H,26,29)/t18-/m1/s1. The van der Waals surface area contributed by atoms with E-state index in [1.165, 1.54) is 6.42 Å². The highest BCUT2D eigenvalue weighted by molar-refractivity contribution is 6.30. The molecule has 30 heavy (non-hydrogen) atoms. The van der Waals surface area contributed by atoms with E-state index in [0.717, 1.165) is 31.2 Å². The first-order valence-corrected chi connectivity index (χ1v) is 10.9. The molecule has 0 heterocycles. The molecule has 0 bridgehead atoms. The third-order valence-electron chi connectivity index (χ3n) is 5.49. The topological polar surface area (TPSA) is 58.6 Å². The van der Waals surface area contributed by atoms with Gasteiger partial charge >= 0.3 is 0 Å². The van der Waals surface area contributed by atoms with Crippen LogP contribution in [0, 0.1) is 0 Å². The van der Waals surface area contributed by atoms with Gasteiger partial charge < -0.3 is 15.0 Å². The van der Waals surface area contributed by atoms with Gasteiger partial charge in [-0.3, -0.25) is 9.59 Å². The van der Waals surface area contributed by atoms with E-state index in [2.05, 4.69) is 5.32 Å². The Bertz CT molecular complexity index is 820. The van der Waals surface area contributed by atoms with Crippen molar-refractivity contribution in [3.8, 4) is 5.75 Å². The zero-order valence-corrected chi connectivity index (χ0v) is 18.1. The van der Waals surface area contributed by atoms with Crippen LogP contribution >= 0.6 is 11.6 Å². The van der Waals surface area contributed by atoms with Crippen molar-refractivity contribution in [2.75, 3.05) is 6.61 Å². The molecule has 1 fully saturated rings. The predicted molar refractivity (Wildman–Crippen MR) is 118 cm³/mol. The second kappa shape index (κ2) is 11.0. The molecule has 0 aromatic heterocycles. The third kappa shape index (κ3) is 6.49. The number of ether oxygens (including phenoxy) is 1. The lowest BCUT2D eigenvalue weighted by Crippen LogP contribution is -2.51. The van der Waals surface area contributed by atoms with Crippen molar-refractivity contribution in [2.45, 2.75) is 57.7 Å². The van der Waals surface area contributed by atoms with Gasteiger partial charge in [-0.15, -0.1) is 0 Å². The largest absolute Gasteiger partial charge is 0.484 e. The van der Waals surface area contributed by atoms with Crippen LogP contribution in [0.4, 0.5) is 0 Å². The highest BCUT2D eigenvalue weighted by atomic mass is 35.5. The summed E-state index contributed by atoms with van der Waals surface area (Å²) in [6.07, 6.45) is 5.51. The SMILES string of the molecule is C[C@H](C(=O)NC1CCCCC1)N(Cc1ccccc1)C(=O)COc1ccc(Cl)cc1. The van der Waals surface area contributed by atoms with E-state index in [1.807, 2.05) is 30.3 Å². The summed E-state index contributed by atoms with van der Waals surface area (Å²) in [7, 11) is 0. The molecule has 2 aromatic carbocycles. The normalized spacial score (nSPS) is 15.3. The van der Waals surface area contributed by atoms with Crippen LogP contribution in [0.15, 0.2) is 54.6 Å². The lowest BCUT2D eigenvalue weighted by molar-refractivity contribution is -0.142. The van der Waals surface area contributed by atoms with Crippen molar-refractivity contribution in [2.24, 2.45) is 0 Å². The number of amides is 2. The average molecular weight is 429 g/mol. The maximum Gasteiger partial charge on any atom is 0.261 e. The van der Waals surface area contributed by atoms with E-state index in [0.29, 0.717) is 17.3 Å². The Morgan fingerprint density at radius 1 is 1.07 bits per heavy atom. The van der Waals surface area contributed by atoms with Gasteiger partial charge in [-0.2, -0.15) is 0 Å². The van der Waals surface area contributed by atoms with Crippen molar-refractivity contribution in [3.05, 3.63) is 65.2 Å². The summed E-state index contributed by atoms with van der Waals surface area (Å²) in [4.78, 5) is 27.5. The molecule has 0 aliphatic heterocycles. The molecule has 1 aliphatic carbocycles. The van der Waals surface area contributed by atoms with E-state index in [1.54, 1.807) is 36.1 Å². The van der Waals surface area contributed by atoms with Crippen LogP contribution in [0.5, 0.6) is 5.75 Å². The highest BCUT2D eigenvalue weighted by Gasteiger charge is 2.28. The summed E-state index contributed by atoms with van der Waals surface area (Å²) in [5.41, 5.74) is 0.967. The first-order chi connectivity index (χ1) is 14.5. The van der Waals surface area contributed by atoms with E-state index < -0.39 is 6.04 Å². The zero-order chi connectivity index (χ0) is 21.3. The fourth-order valence-electron chi connectivity index (χ4n) is 3.69. The van der Waals surface area contributed by atoms with Crippen LogP contribution in [0.1, 0.15) is 44.6 Å². The lowest BCUT2D eigenvalue weighted by atomic mass is 9.95. The number of hydrogen-bond donors (Lipinski definition) is 1. The maximum absolute atomic E-state index is 13.0. The second-order valence-electron chi connectivity index (χ2n) is 7.77. The van der Waals surface area contributed by atoms with E-state index in [4.69, 9.17) is 16.3 Å². The lowest BCUT2D eigenvalue weighted by Gasteiger charge is -2.31. The van der Waals surface area contributed by atoms with Gasteiger partial charge in [-0.1, -0.05) is 61.2 Å². The number of carbonyl (C=O) groups excluding carboxylic acids is 2. The molecule has 2 amide bonds. The summed E-state index contributed by atoms with van der Waals surface area (Å²) in [5, 5.41) is 3.74. The van der Waals surface area contributed by atoms with Crippen molar-refractivity contribution in [1.29, 1.82) is 0 Å². The first-order valence-electron chi connectivity index (χ1n) is 10.5. The van der Waals surface area contributed by atoms with Gasteiger partial charge in [0.15, 0.2) is 6.61 Å². The second-order valence-corrected chi connectivity index (χ2v) is 8.21. The van der Waals surface area contributed by atoms with Gasteiger partial charge in [0, 0.05) is 17.6 Å². The molecule has 1 atom stereocenters. The fraction of sp³-hybridized carbons (Fsp3) is 0.417. The van der Waals surface area contributed by atoms with Gasteiger partial charge in [0.2, 0.25) is 5.91 Å². The monoisotopic (exact) mass is 428 g/mol. The molecule has 1 saturated carbocycles.